The third-order valence-corrected chi connectivity index (χ3v) is 9.56. The van der Waals surface area contributed by atoms with Crippen molar-refractivity contribution in [2.75, 3.05) is 5.75 Å². The highest BCUT2D eigenvalue weighted by Gasteiger charge is 2.22. The predicted octanol–water partition coefficient (Wildman–Crippen LogP) is 12.1. The van der Waals surface area contributed by atoms with E-state index in [2.05, 4.69) is 86.7 Å². The minimum absolute atomic E-state index is 0. The number of aliphatic imine (C=N–C) groups is 2. The number of rotatable bonds is 14. The predicted molar refractivity (Wildman–Crippen MR) is 224 cm³/mol. The third-order valence-electron chi connectivity index (χ3n) is 8.46. The molecule has 51 heavy (non-hydrogen) atoms. The van der Waals surface area contributed by atoms with Crippen LogP contribution >= 0.6 is 11.8 Å². The second-order valence-electron chi connectivity index (χ2n) is 12.5. The fourth-order valence-electron chi connectivity index (χ4n) is 5.03. The van der Waals surface area contributed by atoms with Gasteiger partial charge in [-0.25, -0.2) is 0 Å². The van der Waals surface area contributed by atoms with Crippen molar-refractivity contribution < 1.29 is 9.26 Å². The third kappa shape index (κ3) is 15.5. The number of aryl methyl sites for hydroxylation is 1. The van der Waals surface area contributed by atoms with Gasteiger partial charge in [0.15, 0.2) is 5.76 Å². The second kappa shape index (κ2) is 25.2. The number of thioether (sulfide) groups is 1. The van der Waals surface area contributed by atoms with Gasteiger partial charge in [-0.1, -0.05) is 99.7 Å². The molecular formula is C44H64N4O2S. The van der Waals surface area contributed by atoms with E-state index < -0.39 is 0 Å². The van der Waals surface area contributed by atoms with E-state index in [0.717, 1.165) is 87.9 Å². The van der Waals surface area contributed by atoms with Gasteiger partial charge in [-0.05, 0) is 86.1 Å². The number of nitrogens with two attached hydrogens (primary N) is 1. The first-order valence-corrected chi connectivity index (χ1v) is 19.2. The van der Waals surface area contributed by atoms with E-state index >= 15 is 0 Å². The Morgan fingerprint density at radius 1 is 1.06 bits per heavy atom. The zero-order valence-electron chi connectivity index (χ0n) is 32.2. The summed E-state index contributed by atoms with van der Waals surface area (Å²) in [6.07, 6.45) is 16.7. The van der Waals surface area contributed by atoms with Crippen LogP contribution in [0, 0.1) is 18.8 Å². The van der Waals surface area contributed by atoms with Crippen LogP contribution in [-0.2, 0) is 10.5 Å². The lowest BCUT2D eigenvalue weighted by Crippen LogP contribution is -2.11. The van der Waals surface area contributed by atoms with Gasteiger partial charge in [-0.2, -0.15) is 11.8 Å². The van der Waals surface area contributed by atoms with Crippen molar-refractivity contribution in [3.05, 3.63) is 99.2 Å². The summed E-state index contributed by atoms with van der Waals surface area (Å²) in [4.78, 5) is 8.89. The molecule has 1 aliphatic rings. The quantitative estimate of drug-likeness (QED) is 0.120. The monoisotopic (exact) mass is 712 g/mol. The first-order chi connectivity index (χ1) is 24.1. The molecule has 278 valence electrons. The Bertz CT molecular complexity index is 1630. The molecule has 6 nitrogen and oxygen atoms in total. The van der Waals surface area contributed by atoms with E-state index in [9.17, 15) is 0 Å². The number of ether oxygens (including phenoxy) is 1. The van der Waals surface area contributed by atoms with Crippen molar-refractivity contribution in [1.29, 1.82) is 0 Å². The molecule has 2 atom stereocenters. The first kappa shape index (κ1) is 45.2. The molecule has 0 saturated carbocycles. The van der Waals surface area contributed by atoms with Gasteiger partial charge in [0.1, 0.15) is 0 Å². The number of hydrogen-bond acceptors (Lipinski definition) is 7. The fraction of sp³-hybridized carbons (Fsp3) is 0.477. The molecule has 7 heteroatoms. The molecule has 2 unspecified atom stereocenters. The van der Waals surface area contributed by atoms with Gasteiger partial charge in [0, 0.05) is 69.4 Å². The lowest BCUT2D eigenvalue weighted by molar-refractivity contribution is 0.0700. The van der Waals surface area contributed by atoms with Gasteiger partial charge in [0.25, 0.3) is 0 Å². The molecule has 0 spiro atoms. The highest BCUT2D eigenvalue weighted by Crippen LogP contribution is 2.31. The van der Waals surface area contributed by atoms with Crippen LogP contribution in [0.3, 0.4) is 0 Å². The fourth-order valence-corrected chi connectivity index (χ4v) is 6.20. The number of hydrogen-bond donors (Lipinski definition) is 1. The van der Waals surface area contributed by atoms with Crippen LogP contribution in [0.5, 0.6) is 0 Å². The summed E-state index contributed by atoms with van der Waals surface area (Å²) in [7, 11) is 0. The van der Waals surface area contributed by atoms with Gasteiger partial charge in [-0.15, -0.1) is 0 Å². The van der Waals surface area contributed by atoms with Crippen LogP contribution in [0.4, 0.5) is 0 Å². The van der Waals surface area contributed by atoms with Crippen LogP contribution in [0.1, 0.15) is 120 Å². The van der Waals surface area contributed by atoms with E-state index in [1.165, 1.54) is 24.0 Å². The molecule has 1 aliphatic heterocycles. The maximum absolute atomic E-state index is 6.53. The summed E-state index contributed by atoms with van der Waals surface area (Å²) in [6.45, 7) is 20.6. The second-order valence-corrected chi connectivity index (χ2v) is 13.5. The smallest absolute Gasteiger partial charge is 0.171 e. The highest BCUT2D eigenvalue weighted by molar-refractivity contribution is 7.98. The van der Waals surface area contributed by atoms with Crippen LogP contribution in [-0.4, -0.2) is 35.5 Å². The number of benzene rings is 1. The number of unbranched alkanes of at least 4 members (excludes halogenated alkanes) is 1. The standard InChI is InChI=1S/C26H39N3.C17H21NO2S.CH4/c1-9-14-15-24(17-16-23(12-4)19-28-18-20(6)10-2)25(22(8)29-13-5)26(27)21(7)11-3;1-12-8-9-15(19-12)10-21-11-16-13(2)18-20-17(16)14-6-4-3-5-7-14;/h12-13,15,18-19H,9-11,14,27H2,1-8H3;3-7,12,15H,8-11H2,1-2H3;1H4/b20-18+,23-12-,24-15-,25-22-,26-21-,28-19+,29-13?;;. The largest absolute Gasteiger partial charge is 0.398 e. The normalized spacial score (nSPS) is 17.7. The molecule has 1 aromatic carbocycles. The summed E-state index contributed by atoms with van der Waals surface area (Å²) in [6, 6.07) is 10.2. The number of aromatic nitrogens is 1. The summed E-state index contributed by atoms with van der Waals surface area (Å²) < 4.78 is 11.4. The van der Waals surface area contributed by atoms with Gasteiger partial charge in [-0.3, -0.25) is 9.98 Å². The first-order valence-electron chi connectivity index (χ1n) is 18.1. The van der Waals surface area contributed by atoms with Crippen LogP contribution in [0.15, 0.2) is 102 Å². The van der Waals surface area contributed by atoms with Crippen molar-refractivity contribution in [3.63, 3.8) is 0 Å². The summed E-state index contributed by atoms with van der Waals surface area (Å²) >= 11 is 1.91. The molecule has 0 amide bonds. The molecule has 3 rings (SSSR count). The van der Waals surface area contributed by atoms with E-state index in [0.29, 0.717) is 12.2 Å². The minimum Gasteiger partial charge on any atom is -0.398 e. The van der Waals surface area contributed by atoms with Crippen molar-refractivity contribution in [2.24, 2.45) is 15.7 Å². The topological polar surface area (TPSA) is 86.0 Å². The van der Waals surface area contributed by atoms with Gasteiger partial charge >= 0.3 is 0 Å². The van der Waals surface area contributed by atoms with Crippen LogP contribution in [0.25, 0.3) is 11.3 Å². The maximum atomic E-state index is 6.53. The Morgan fingerprint density at radius 3 is 2.37 bits per heavy atom. The summed E-state index contributed by atoms with van der Waals surface area (Å²) in [5, 5.41) is 4.14. The average Bonchev–Trinajstić information content (AvgIpc) is 3.72. The van der Waals surface area contributed by atoms with E-state index in [1.807, 2.05) is 69.9 Å². The average molecular weight is 713 g/mol. The SMILES string of the molecule is C.CC=N/C(C)=C(C(/C#CC(=C/C)/C=N/C=C(\C)CC)=C\CCC)\C(N)=C(/C)CC.Cc1noc(-c2ccccc2)c1CSCC1CCC(C)O1. The van der Waals surface area contributed by atoms with Crippen molar-refractivity contribution in [2.45, 2.75) is 133 Å². The van der Waals surface area contributed by atoms with Crippen LogP contribution in [0.2, 0.25) is 0 Å². The Morgan fingerprint density at radius 2 is 1.78 bits per heavy atom. The summed E-state index contributed by atoms with van der Waals surface area (Å²) in [5.74, 6) is 9.47. The van der Waals surface area contributed by atoms with Gasteiger partial charge in [0.05, 0.1) is 17.9 Å². The lowest BCUT2D eigenvalue weighted by Gasteiger charge is -2.13. The lowest BCUT2D eigenvalue weighted by atomic mass is 9.96. The molecule has 0 bridgehead atoms. The molecular weight excluding hydrogens is 649 g/mol. The van der Waals surface area contributed by atoms with Gasteiger partial charge in [0.2, 0.25) is 0 Å². The Balaban J connectivity index is 0.000000520. The molecule has 1 saturated heterocycles. The van der Waals surface area contributed by atoms with Crippen LogP contribution < -0.4 is 5.73 Å². The zero-order chi connectivity index (χ0) is 36.9. The van der Waals surface area contributed by atoms with Crippen molar-refractivity contribution in [1.82, 2.24) is 5.16 Å². The number of nitrogens with zero attached hydrogens (tertiary/aromatic N) is 3. The van der Waals surface area contributed by atoms with Crippen molar-refractivity contribution >= 4 is 24.2 Å². The molecule has 2 heterocycles. The Kier molecular flexibility index (Phi) is 22.3. The maximum Gasteiger partial charge on any atom is 0.171 e. The Hall–Kier alpha value is -3.86. The highest BCUT2D eigenvalue weighted by atomic mass is 32.2. The summed E-state index contributed by atoms with van der Waals surface area (Å²) in [5.41, 5.74) is 16.6. The van der Waals surface area contributed by atoms with Crippen molar-refractivity contribution in [3.8, 4) is 23.2 Å². The van der Waals surface area contributed by atoms with E-state index in [4.69, 9.17) is 15.0 Å². The Labute approximate surface area is 314 Å². The molecule has 1 aromatic heterocycles. The minimum atomic E-state index is 0. The molecule has 0 radical (unpaired) electrons. The molecule has 1 fully saturated rings. The molecule has 2 N–H and O–H groups in total. The van der Waals surface area contributed by atoms with Gasteiger partial charge < -0.3 is 15.0 Å². The molecule has 2 aromatic rings. The zero-order valence-corrected chi connectivity index (χ0v) is 33.0. The van der Waals surface area contributed by atoms with E-state index in [1.54, 1.807) is 12.4 Å². The molecule has 0 aliphatic carbocycles. The number of allylic oxidation sites excluding steroid dienone is 7. The van der Waals surface area contributed by atoms with E-state index in [-0.39, 0.29) is 7.43 Å².